The molecular formula is C16H19N5O3. The van der Waals surface area contributed by atoms with Gasteiger partial charge in [-0.25, -0.2) is 0 Å². The van der Waals surface area contributed by atoms with Crippen LogP contribution >= 0.6 is 0 Å². The minimum atomic E-state index is -0.00818. The van der Waals surface area contributed by atoms with E-state index < -0.39 is 0 Å². The van der Waals surface area contributed by atoms with E-state index in [1.54, 1.807) is 18.4 Å². The normalized spacial score (nSPS) is 20.8. The highest BCUT2D eigenvalue weighted by Gasteiger charge is 2.32. The van der Waals surface area contributed by atoms with Gasteiger partial charge in [-0.1, -0.05) is 0 Å². The third-order valence-corrected chi connectivity index (χ3v) is 4.16. The molecule has 3 aromatic rings. The molecule has 126 valence electrons. The Morgan fingerprint density at radius 3 is 3.04 bits per heavy atom. The zero-order chi connectivity index (χ0) is 16.5. The third-order valence-electron chi connectivity index (χ3n) is 4.16. The number of nitrogens with zero attached hydrogens (tertiary/aromatic N) is 4. The fourth-order valence-corrected chi connectivity index (χ4v) is 3.05. The van der Waals surface area contributed by atoms with Crippen molar-refractivity contribution in [3.05, 3.63) is 41.7 Å². The van der Waals surface area contributed by atoms with Crippen molar-refractivity contribution in [3.8, 4) is 11.7 Å². The maximum Gasteiger partial charge on any atom is 0.283 e. The van der Waals surface area contributed by atoms with Crippen molar-refractivity contribution in [2.24, 2.45) is 7.05 Å². The average Bonchev–Trinajstić information content (AvgIpc) is 3.33. The van der Waals surface area contributed by atoms with Crippen LogP contribution in [0.2, 0.25) is 0 Å². The lowest BCUT2D eigenvalue weighted by Gasteiger charge is -2.18. The van der Waals surface area contributed by atoms with Crippen LogP contribution in [0.1, 0.15) is 29.7 Å². The fourth-order valence-electron chi connectivity index (χ4n) is 3.05. The molecule has 1 fully saturated rings. The first-order chi connectivity index (χ1) is 11.7. The number of hydrogen-bond acceptors (Lipinski definition) is 7. The molecule has 0 radical (unpaired) electrons. The molecule has 4 heterocycles. The minimum absolute atomic E-state index is 0.00818. The Morgan fingerprint density at radius 1 is 1.38 bits per heavy atom. The summed E-state index contributed by atoms with van der Waals surface area (Å²) in [6.07, 6.45) is 4.51. The lowest BCUT2D eigenvalue weighted by molar-refractivity contribution is 0.0975. The molecule has 8 nitrogen and oxygen atoms in total. The minimum Gasteiger partial charge on any atom is -0.459 e. The van der Waals surface area contributed by atoms with Crippen LogP contribution in [0.15, 0.2) is 33.4 Å². The maximum absolute atomic E-state index is 5.90. The van der Waals surface area contributed by atoms with E-state index in [1.165, 1.54) is 0 Å². The number of furan rings is 1. The summed E-state index contributed by atoms with van der Waals surface area (Å²) >= 11 is 0. The van der Waals surface area contributed by atoms with Gasteiger partial charge in [-0.15, -0.1) is 10.2 Å². The topological polar surface area (TPSA) is 91.1 Å². The van der Waals surface area contributed by atoms with Gasteiger partial charge in [-0.2, -0.15) is 5.10 Å². The van der Waals surface area contributed by atoms with E-state index in [2.05, 4.69) is 20.6 Å². The Bertz CT molecular complexity index is 808. The summed E-state index contributed by atoms with van der Waals surface area (Å²) in [5.74, 6) is 1.48. The van der Waals surface area contributed by atoms with Crippen molar-refractivity contribution < 1.29 is 13.6 Å². The summed E-state index contributed by atoms with van der Waals surface area (Å²) in [6.45, 7) is 3.21. The van der Waals surface area contributed by atoms with Crippen LogP contribution in [-0.4, -0.2) is 32.6 Å². The first-order valence-corrected chi connectivity index (χ1v) is 7.92. The lowest BCUT2D eigenvalue weighted by Crippen LogP contribution is -2.31. The molecule has 1 aliphatic rings. The van der Waals surface area contributed by atoms with E-state index in [1.807, 2.05) is 24.9 Å². The predicted octanol–water partition coefficient (Wildman–Crippen LogP) is 1.99. The molecule has 0 bridgehead atoms. The Balaban J connectivity index is 1.43. The van der Waals surface area contributed by atoms with Crippen LogP contribution < -0.4 is 5.32 Å². The highest BCUT2D eigenvalue weighted by atomic mass is 16.5. The van der Waals surface area contributed by atoms with E-state index in [-0.39, 0.29) is 12.1 Å². The molecule has 1 saturated heterocycles. The molecule has 2 atom stereocenters. The van der Waals surface area contributed by atoms with Gasteiger partial charge in [0, 0.05) is 31.5 Å². The van der Waals surface area contributed by atoms with E-state index in [0.717, 1.165) is 24.3 Å². The summed E-state index contributed by atoms with van der Waals surface area (Å²) in [7, 11) is 1.92. The van der Waals surface area contributed by atoms with Crippen molar-refractivity contribution >= 4 is 0 Å². The molecule has 0 unspecified atom stereocenters. The quantitative estimate of drug-likeness (QED) is 0.765. The van der Waals surface area contributed by atoms with Gasteiger partial charge in [-0.05, 0) is 25.5 Å². The molecule has 1 N–H and O–H groups in total. The zero-order valence-corrected chi connectivity index (χ0v) is 13.6. The van der Waals surface area contributed by atoms with Gasteiger partial charge in [0.15, 0.2) is 5.76 Å². The van der Waals surface area contributed by atoms with Gasteiger partial charge in [0.05, 0.1) is 18.5 Å². The van der Waals surface area contributed by atoms with Crippen LogP contribution in [0.3, 0.4) is 0 Å². The van der Waals surface area contributed by atoms with Gasteiger partial charge in [-0.3, -0.25) is 4.68 Å². The van der Waals surface area contributed by atoms with Gasteiger partial charge in [0.1, 0.15) is 6.10 Å². The number of hydrogen-bond donors (Lipinski definition) is 1. The number of ether oxygens (including phenoxy) is 1. The smallest absolute Gasteiger partial charge is 0.283 e. The molecule has 0 spiro atoms. The summed E-state index contributed by atoms with van der Waals surface area (Å²) in [5, 5.41) is 15.9. The van der Waals surface area contributed by atoms with Crippen molar-refractivity contribution in [1.29, 1.82) is 0 Å². The second-order valence-corrected chi connectivity index (χ2v) is 5.89. The predicted molar refractivity (Wildman–Crippen MR) is 83.9 cm³/mol. The molecule has 24 heavy (non-hydrogen) atoms. The van der Waals surface area contributed by atoms with Gasteiger partial charge in [0.2, 0.25) is 5.89 Å². The molecule has 0 aromatic carbocycles. The molecule has 4 rings (SSSR count). The summed E-state index contributed by atoms with van der Waals surface area (Å²) in [5.41, 5.74) is 2.11. The molecule has 3 aromatic heterocycles. The molecule has 1 aliphatic heterocycles. The second-order valence-electron chi connectivity index (χ2n) is 5.89. The van der Waals surface area contributed by atoms with E-state index in [0.29, 0.717) is 24.1 Å². The van der Waals surface area contributed by atoms with Crippen LogP contribution in [0.25, 0.3) is 11.7 Å². The van der Waals surface area contributed by atoms with E-state index in [4.69, 9.17) is 13.6 Å². The SMILES string of the molecule is Cc1nn(C)cc1[C@H]1OCC[C@@H]1NCc1nnc(-c2ccco2)o1. The largest absolute Gasteiger partial charge is 0.459 e. The zero-order valence-electron chi connectivity index (χ0n) is 13.6. The van der Waals surface area contributed by atoms with E-state index in [9.17, 15) is 0 Å². The highest BCUT2D eigenvalue weighted by Crippen LogP contribution is 2.31. The third kappa shape index (κ3) is 2.85. The highest BCUT2D eigenvalue weighted by molar-refractivity contribution is 5.42. The Kier molecular flexibility index (Phi) is 3.91. The van der Waals surface area contributed by atoms with Crippen LogP contribution in [0.5, 0.6) is 0 Å². The van der Waals surface area contributed by atoms with Crippen molar-refractivity contribution in [2.75, 3.05) is 6.61 Å². The standard InChI is InChI=1S/C16H19N5O3/c1-10-11(9-21(2)20-10)15-12(5-7-23-15)17-8-14-18-19-16(24-14)13-4-3-6-22-13/h3-4,6,9,12,15,17H,5,7-8H2,1-2H3/t12-,15+/m0/s1. The Morgan fingerprint density at radius 2 is 2.29 bits per heavy atom. The van der Waals surface area contributed by atoms with Crippen molar-refractivity contribution in [1.82, 2.24) is 25.3 Å². The van der Waals surface area contributed by atoms with E-state index >= 15 is 0 Å². The van der Waals surface area contributed by atoms with Gasteiger partial charge >= 0.3 is 0 Å². The number of aryl methyl sites for hydroxylation is 2. The lowest BCUT2D eigenvalue weighted by atomic mass is 10.0. The fraction of sp³-hybridized carbons (Fsp3) is 0.438. The Labute approximate surface area is 138 Å². The summed E-state index contributed by atoms with van der Waals surface area (Å²) < 4.78 is 18.6. The molecule has 0 saturated carbocycles. The monoisotopic (exact) mass is 329 g/mol. The maximum atomic E-state index is 5.90. The van der Waals surface area contributed by atoms with Gasteiger partial charge < -0.3 is 18.9 Å². The number of nitrogens with one attached hydrogen (secondary N) is 1. The van der Waals surface area contributed by atoms with Crippen LogP contribution in [-0.2, 0) is 18.3 Å². The number of aromatic nitrogens is 4. The molecule has 0 amide bonds. The summed E-state index contributed by atoms with van der Waals surface area (Å²) in [4.78, 5) is 0. The molecule has 8 heteroatoms. The Hall–Kier alpha value is -2.45. The van der Waals surface area contributed by atoms with Crippen molar-refractivity contribution in [2.45, 2.75) is 32.0 Å². The molecule has 0 aliphatic carbocycles. The first kappa shape index (κ1) is 15.1. The van der Waals surface area contributed by atoms with Crippen molar-refractivity contribution in [3.63, 3.8) is 0 Å². The second kappa shape index (κ2) is 6.21. The van der Waals surface area contributed by atoms with Crippen LogP contribution in [0.4, 0.5) is 0 Å². The summed E-state index contributed by atoms with van der Waals surface area (Å²) in [6, 6.07) is 3.76. The molecular weight excluding hydrogens is 310 g/mol. The average molecular weight is 329 g/mol. The number of rotatable bonds is 5. The first-order valence-electron chi connectivity index (χ1n) is 7.92. The van der Waals surface area contributed by atoms with Crippen LogP contribution in [0, 0.1) is 6.92 Å². The van der Waals surface area contributed by atoms with Gasteiger partial charge in [0.25, 0.3) is 5.89 Å².